The Morgan fingerprint density at radius 3 is 2.33 bits per heavy atom. The first-order valence-electron chi connectivity index (χ1n) is 7.82. The van der Waals surface area contributed by atoms with Crippen molar-refractivity contribution in [3.63, 3.8) is 0 Å². The van der Waals surface area contributed by atoms with Gasteiger partial charge in [0.2, 0.25) is 0 Å². The Bertz CT molecular complexity index is 507. The van der Waals surface area contributed by atoms with Gasteiger partial charge >= 0.3 is 0 Å². The van der Waals surface area contributed by atoms with Crippen molar-refractivity contribution in [3.05, 3.63) is 70.2 Å². The van der Waals surface area contributed by atoms with Crippen LogP contribution < -0.4 is 5.32 Å². The predicted molar refractivity (Wildman–Crippen MR) is 94.3 cm³/mol. The van der Waals surface area contributed by atoms with E-state index >= 15 is 0 Å². The molecule has 1 atom stereocenters. The van der Waals surface area contributed by atoms with Crippen molar-refractivity contribution in [1.29, 1.82) is 0 Å². The third-order valence-corrected chi connectivity index (χ3v) is 4.29. The monoisotopic (exact) mass is 345 g/mol. The first-order valence-corrected chi connectivity index (χ1v) is 8.61. The number of rotatable bonds is 8. The van der Waals surface area contributed by atoms with E-state index in [-0.39, 0.29) is 0 Å². The largest absolute Gasteiger partial charge is 0.306 e. The third kappa shape index (κ3) is 5.64. The van der Waals surface area contributed by atoms with Crippen LogP contribution in [0, 0.1) is 0 Å². The lowest BCUT2D eigenvalue weighted by atomic mass is 10.00. The van der Waals surface area contributed by atoms with Crippen LogP contribution in [0.15, 0.2) is 59.1 Å². The highest BCUT2D eigenvalue weighted by Gasteiger charge is 2.10. The van der Waals surface area contributed by atoms with Crippen molar-refractivity contribution >= 4 is 15.9 Å². The molecule has 2 rings (SSSR count). The molecule has 0 bridgehead atoms. The van der Waals surface area contributed by atoms with E-state index in [0.717, 1.165) is 11.0 Å². The molecule has 0 saturated carbocycles. The Kier molecular flexibility index (Phi) is 6.98. The number of nitrogens with one attached hydrogen (secondary N) is 1. The summed E-state index contributed by atoms with van der Waals surface area (Å²) >= 11 is 3.48. The molecular formula is C19H24BrN. The van der Waals surface area contributed by atoms with Crippen LogP contribution in [-0.4, -0.2) is 0 Å². The van der Waals surface area contributed by atoms with Gasteiger partial charge < -0.3 is 5.32 Å². The molecule has 0 radical (unpaired) electrons. The van der Waals surface area contributed by atoms with E-state index in [1.165, 1.54) is 36.8 Å². The van der Waals surface area contributed by atoms with Crippen molar-refractivity contribution in [2.75, 3.05) is 0 Å². The van der Waals surface area contributed by atoms with E-state index in [1.807, 2.05) is 0 Å². The van der Waals surface area contributed by atoms with Gasteiger partial charge in [-0.2, -0.15) is 0 Å². The van der Waals surface area contributed by atoms with Crippen molar-refractivity contribution in [1.82, 2.24) is 5.32 Å². The fraction of sp³-hybridized carbons (Fsp3) is 0.368. The maximum atomic E-state index is 3.72. The van der Waals surface area contributed by atoms with Crippen LogP contribution >= 0.6 is 15.9 Å². The van der Waals surface area contributed by atoms with Crippen LogP contribution in [0.2, 0.25) is 0 Å². The van der Waals surface area contributed by atoms with Gasteiger partial charge in [0, 0.05) is 17.1 Å². The zero-order valence-corrected chi connectivity index (χ0v) is 14.3. The summed E-state index contributed by atoms with van der Waals surface area (Å²) in [5.74, 6) is 0. The minimum Gasteiger partial charge on any atom is -0.306 e. The maximum Gasteiger partial charge on any atom is 0.0323 e. The van der Waals surface area contributed by atoms with Crippen molar-refractivity contribution < 1.29 is 0 Å². The molecule has 0 aliphatic rings. The van der Waals surface area contributed by atoms with Crippen LogP contribution in [0.1, 0.15) is 49.8 Å². The maximum absolute atomic E-state index is 3.72. The molecule has 0 aliphatic carbocycles. The Hall–Kier alpha value is -1.12. The summed E-state index contributed by atoms with van der Waals surface area (Å²) in [6.45, 7) is 3.17. The normalized spacial score (nSPS) is 12.3. The predicted octanol–water partition coefficient (Wildman–Crippen LogP) is 5.86. The minimum atomic E-state index is 0.446. The average molecular weight is 346 g/mol. The van der Waals surface area contributed by atoms with Crippen LogP contribution in [0.25, 0.3) is 0 Å². The van der Waals surface area contributed by atoms with Crippen LogP contribution in [-0.2, 0) is 6.54 Å². The van der Waals surface area contributed by atoms with E-state index in [0.29, 0.717) is 6.04 Å². The number of benzene rings is 2. The molecule has 112 valence electrons. The second kappa shape index (κ2) is 9.01. The fourth-order valence-corrected chi connectivity index (χ4v) is 2.78. The zero-order chi connectivity index (χ0) is 14.9. The molecule has 21 heavy (non-hydrogen) atoms. The van der Waals surface area contributed by atoms with Gasteiger partial charge in [-0.3, -0.25) is 0 Å². The number of hydrogen-bond donors (Lipinski definition) is 1. The second-order valence-electron chi connectivity index (χ2n) is 5.47. The number of unbranched alkanes of at least 4 members (excludes halogenated alkanes) is 2. The summed E-state index contributed by atoms with van der Waals surface area (Å²) < 4.78 is 1.13. The standard InChI is InChI=1S/C19H24BrN/c1-2-3-5-10-19(17-8-6-4-7-9-17)21-15-16-11-13-18(20)14-12-16/h4,6-9,11-14,19,21H,2-3,5,10,15H2,1H3. The highest BCUT2D eigenvalue weighted by atomic mass is 79.9. The number of halogens is 1. The fourth-order valence-electron chi connectivity index (χ4n) is 2.51. The Labute approximate surface area is 136 Å². The van der Waals surface area contributed by atoms with Crippen molar-refractivity contribution in [3.8, 4) is 0 Å². The van der Waals surface area contributed by atoms with E-state index in [4.69, 9.17) is 0 Å². The van der Waals surface area contributed by atoms with Gasteiger partial charge in [-0.15, -0.1) is 0 Å². The highest BCUT2D eigenvalue weighted by Crippen LogP contribution is 2.20. The van der Waals surface area contributed by atoms with Crippen molar-refractivity contribution in [2.45, 2.75) is 45.2 Å². The molecule has 2 aromatic rings. The summed E-state index contributed by atoms with van der Waals surface area (Å²) in [5.41, 5.74) is 2.72. The van der Waals surface area contributed by atoms with Crippen LogP contribution in [0.3, 0.4) is 0 Å². The van der Waals surface area contributed by atoms with Crippen LogP contribution in [0.5, 0.6) is 0 Å². The molecule has 2 heteroatoms. The Morgan fingerprint density at radius 1 is 0.952 bits per heavy atom. The molecule has 0 saturated heterocycles. The van der Waals surface area contributed by atoms with E-state index in [1.54, 1.807) is 0 Å². The molecular weight excluding hydrogens is 322 g/mol. The smallest absolute Gasteiger partial charge is 0.0323 e. The lowest BCUT2D eigenvalue weighted by molar-refractivity contribution is 0.473. The summed E-state index contributed by atoms with van der Waals surface area (Å²) in [6, 6.07) is 19.8. The van der Waals surface area contributed by atoms with E-state index in [2.05, 4.69) is 82.8 Å². The molecule has 2 aromatic carbocycles. The first-order chi connectivity index (χ1) is 10.3. The molecule has 0 spiro atoms. The molecule has 1 unspecified atom stereocenters. The van der Waals surface area contributed by atoms with Gasteiger partial charge in [0.25, 0.3) is 0 Å². The summed E-state index contributed by atoms with van der Waals surface area (Å²) in [7, 11) is 0. The van der Waals surface area contributed by atoms with Crippen molar-refractivity contribution in [2.24, 2.45) is 0 Å². The Balaban J connectivity index is 1.96. The average Bonchev–Trinajstić information content (AvgIpc) is 2.53. The summed E-state index contributed by atoms with van der Waals surface area (Å²) in [4.78, 5) is 0. The highest BCUT2D eigenvalue weighted by molar-refractivity contribution is 9.10. The zero-order valence-electron chi connectivity index (χ0n) is 12.7. The summed E-state index contributed by atoms with van der Waals surface area (Å²) in [5, 5.41) is 3.72. The minimum absolute atomic E-state index is 0.446. The van der Waals surface area contributed by atoms with E-state index in [9.17, 15) is 0 Å². The summed E-state index contributed by atoms with van der Waals surface area (Å²) in [6.07, 6.45) is 5.06. The SMILES string of the molecule is CCCCCC(NCc1ccc(Br)cc1)c1ccccc1. The van der Waals surface area contributed by atoms with Gasteiger partial charge in [0.05, 0.1) is 0 Å². The molecule has 0 fully saturated rings. The molecule has 1 N–H and O–H groups in total. The van der Waals surface area contributed by atoms with Gasteiger partial charge in [0.15, 0.2) is 0 Å². The van der Waals surface area contributed by atoms with Gasteiger partial charge in [-0.25, -0.2) is 0 Å². The topological polar surface area (TPSA) is 12.0 Å². The van der Waals surface area contributed by atoms with E-state index < -0.39 is 0 Å². The molecule has 0 heterocycles. The Morgan fingerprint density at radius 2 is 1.67 bits per heavy atom. The number of hydrogen-bond acceptors (Lipinski definition) is 1. The van der Waals surface area contributed by atoms with Gasteiger partial charge in [-0.05, 0) is 29.7 Å². The molecule has 1 nitrogen and oxygen atoms in total. The van der Waals surface area contributed by atoms with Crippen LogP contribution in [0.4, 0.5) is 0 Å². The lowest BCUT2D eigenvalue weighted by Gasteiger charge is -2.19. The molecule has 0 amide bonds. The third-order valence-electron chi connectivity index (χ3n) is 3.76. The van der Waals surface area contributed by atoms with Gasteiger partial charge in [-0.1, -0.05) is 84.6 Å². The van der Waals surface area contributed by atoms with Gasteiger partial charge in [0.1, 0.15) is 0 Å². The first kappa shape index (κ1) is 16.3. The second-order valence-corrected chi connectivity index (χ2v) is 6.38. The quantitative estimate of drug-likeness (QED) is 0.590. The molecule has 0 aromatic heterocycles. The lowest BCUT2D eigenvalue weighted by Crippen LogP contribution is -2.21. The molecule has 0 aliphatic heterocycles.